The van der Waals surface area contributed by atoms with Crippen molar-refractivity contribution in [2.24, 2.45) is 0 Å². The topological polar surface area (TPSA) is 46.0 Å². The zero-order chi connectivity index (χ0) is 18.8. The molecular weight excluding hydrogens is 356 g/mol. The molecule has 4 rings (SSSR count). The minimum absolute atomic E-state index is 0.127. The van der Waals surface area contributed by atoms with Crippen LogP contribution in [0.3, 0.4) is 0 Å². The summed E-state index contributed by atoms with van der Waals surface area (Å²) < 4.78 is 0. The van der Waals surface area contributed by atoms with Crippen LogP contribution < -0.4 is 0 Å². The van der Waals surface area contributed by atoms with Gasteiger partial charge in [0.2, 0.25) is 0 Å². The number of aliphatic hydroxyl groups excluding tert-OH is 1. The summed E-state index contributed by atoms with van der Waals surface area (Å²) in [5.74, 6) is 0. The second-order valence-corrected chi connectivity index (χ2v) is 6.92. The Morgan fingerprint density at radius 1 is 0.926 bits per heavy atom. The fourth-order valence-electron chi connectivity index (χ4n) is 3.42. The molecule has 2 aromatic heterocycles. The average Bonchev–Trinajstić information content (AvgIpc) is 2.71. The number of aliphatic hydroxyl groups is 1. The lowest BCUT2D eigenvalue weighted by Crippen LogP contribution is -2.00. The van der Waals surface area contributed by atoms with Crippen LogP contribution in [0.1, 0.15) is 22.4 Å². The van der Waals surface area contributed by atoms with Crippen molar-refractivity contribution in [3.63, 3.8) is 0 Å². The van der Waals surface area contributed by atoms with Gasteiger partial charge in [-0.2, -0.15) is 0 Å². The summed E-state index contributed by atoms with van der Waals surface area (Å²) >= 11 is 6.43. The Labute approximate surface area is 163 Å². The molecule has 2 heterocycles. The lowest BCUT2D eigenvalue weighted by molar-refractivity contribution is 0.281. The Hall–Kier alpha value is -2.75. The van der Waals surface area contributed by atoms with Crippen molar-refractivity contribution in [1.82, 2.24) is 9.97 Å². The third-order valence-electron chi connectivity index (χ3n) is 4.93. The van der Waals surface area contributed by atoms with E-state index in [0.29, 0.717) is 17.0 Å². The lowest BCUT2D eigenvalue weighted by atomic mass is 9.94. The van der Waals surface area contributed by atoms with Crippen molar-refractivity contribution in [2.75, 3.05) is 0 Å². The maximum absolute atomic E-state index is 9.42. The Morgan fingerprint density at radius 3 is 2.52 bits per heavy atom. The van der Waals surface area contributed by atoms with Crippen molar-refractivity contribution < 1.29 is 5.11 Å². The molecule has 0 radical (unpaired) electrons. The number of benzene rings is 2. The van der Waals surface area contributed by atoms with Crippen molar-refractivity contribution in [2.45, 2.75) is 20.0 Å². The highest BCUT2D eigenvalue weighted by atomic mass is 35.5. The Kier molecular flexibility index (Phi) is 4.88. The summed E-state index contributed by atoms with van der Waals surface area (Å²) in [5.41, 5.74) is 7.17. The third-order valence-corrected chi connectivity index (χ3v) is 5.37. The van der Waals surface area contributed by atoms with Crippen LogP contribution in [0.5, 0.6) is 0 Å². The number of halogens is 1. The van der Waals surface area contributed by atoms with Crippen LogP contribution >= 0.6 is 11.6 Å². The van der Waals surface area contributed by atoms with Gasteiger partial charge in [-0.1, -0.05) is 60.1 Å². The first-order valence-electron chi connectivity index (χ1n) is 8.84. The van der Waals surface area contributed by atoms with E-state index in [9.17, 15) is 5.11 Å². The molecule has 0 amide bonds. The molecule has 3 nitrogen and oxygen atoms in total. The zero-order valence-electron chi connectivity index (χ0n) is 15.0. The molecule has 0 bridgehead atoms. The highest BCUT2D eigenvalue weighted by Gasteiger charge is 2.13. The van der Waals surface area contributed by atoms with Gasteiger partial charge in [0.15, 0.2) is 0 Å². The second-order valence-electron chi connectivity index (χ2n) is 6.54. The normalized spacial score (nSPS) is 11.1. The van der Waals surface area contributed by atoms with Gasteiger partial charge in [0.25, 0.3) is 0 Å². The lowest BCUT2D eigenvalue weighted by Gasteiger charge is -2.13. The summed E-state index contributed by atoms with van der Waals surface area (Å²) in [4.78, 5) is 9.07. The van der Waals surface area contributed by atoms with E-state index in [4.69, 9.17) is 11.6 Å². The zero-order valence-corrected chi connectivity index (χ0v) is 15.7. The minimum Gasteiger partial charge on any atom is -0.392 e. The molecule has 134 valence electrons. The molecule has 27 heavy (non-hydrogen) atoms. The first-order chi connectivity index (χ1) is 13.2. The van der Waals surface area contributed by atoms with Crippen molar-refractivity contribution in [3.8, 4) is 11.1 Å². The van der Waals surface area contributed by atoms with Crippen LogP contribution in [0.15, 0.2) is 67.0 Å². The van der Waals surface area contributed by atoms with Gasteiger partial charge in [0.05, 0.1) is 22.8 Å². The molecule has 0 saturated carbocycles. The van der Waals surface area contributed by atoms with Gasteiger partial charge in [-0.15, -0.1) is 0 Å². The molecular formula is C23H19ClN2O. The molecule has 0 aliphatic rings. The molecule has 4 aromatic rings. The van der Waals surface area contributed by atoms with E-state index in [0.717, 1.165) is 16.6 Å². The highest BCUT2D eigenvalue weighted by Crippen LogP contribution is 2.30. The third kappa shape index (κ3) is 3.32. The van der Waals surface area contributed by atoms with E-state index >= 15 is 0 Å². The molecule has 2 aromatic carbocycles. The van der Waals surface area contributed by atoms with Crippen molar-refractivity contribution in [1.29, 1.82) is 0 Å². The molecule has 0 fully saturated rings. The molecule has 0 unspecified atom stereocenters. The second kappa shape index (κ2) is 7.47. The summed E-state index contributed by atoms with van der Waals surface area (Å²) in [6.45, 7) is 2.02. The van der Waals surface area contributed by atoms with Crippen LogP contribution in [0.2, 0.25) is 5.02 Å². The first-order valence-corrected chi connectivity index (χ1v) is 9.22. The summed E-state index contributed by atoms with van der Waals surface area (Å²) in [6.07, 6.45) is 4.05. The van der Waals surface area contributed by atoms with Crippen LogP contribution in [-0.4, -0.2) is 15.1 Å². The number of fused-ring (bicyclic) bond motifs is 1. The maximum atomic E-state index is 9.42. The van der Waals surface area contributed by atoms with Gasteiger partial charge in [0.1, 0.15) is 0 Å². The molecule has 0 spiro atoms. The Bertz CT molecular complexity index is 1110. The van der Waals surface area contributed by atoms with E-state index in [1.54, 1.807) is 12.4 Å². The van der Waals surface area contributed by atoms with E-state index in [1.807, 2.05) is 12.1 Å². The van der Waals surface area contributed by atoms with Crippen LogP contribution in [-0.2, 0) is 13.0 Å². The first kappa shape index (κ1) is 17.7. The van der Waals surface area contributed by atoms with E-state index in [1.165, 1.54) is 22.3 Å². The number of aromatic nitrogens is 2. The molecule has 0 aliphatic heterocycles. The summed E-state index contributed by atoms with van der Waals surface area (Å²) in [5, 5.41) is 10.8. The monoisotopic (exact) mass is 374 g/mol. The Morgan fingerprint density at radius 2 is 1.74 bits per heavy atom. The molecule has 0 atom stereocenters. The van der Waals surface area contributed by atoms with Crippen LogP contribution in [0.4, 0.5) is 0 Å². The number of hydrogen-bond donors (Lipinski definition) is 1. The van der Waals surface area contributed by atoms with Gasteiger partial charge in [-0.3, -0.25) is 9.97 Å². The summed E-state index contributed by atoms with van der Waals surface area (Å²) in [6, 6.07) is 18.6. The molecule has 4 heteroatoms. The van der Waals surface area contributed by atoms with E-state index in [2.05, 4.69) is 59.4 Å². The van der Waals surface area contributed by atoms with E-state index < -0.39 is 0 Å². The van der Waals surface area contributed by atoms with Crippen molar-refractivity contribution in [3.05, 3.63) is 94.4 Å². The molecule has 0 saturated heterocycles. The fourth-order valence-corrected chi connectivity index (χ4v) is 3.68. The Balaban J connectivity index is 1.78. The van der Waals surface area contributed by atoms with Gasteiger partial charge in [-0.25, -0.2) is 0 Å². The van der Waals surface area contributed by atoms with Crippen LogP contribution in [0.25, 0.3) is 22.0 Å². The summed E-state index contributed by atoms with van der Waals surface area (Å²) in [7, 11) is 0. The number of hydrogen-bond acceptors (Lipinski definition) is 3. The van der Waals surface area contributed by atoms with Gasteiger partial charge < -0.3 is 5.11 Å². The van der Waals surface area contributed by atoms with Gasteiger partial charge in [-0.05, 0) is 35.2 Å². The smallest absolute Gasteiger partial charge is 0.0935 e. The number of nitrogens with zero attached hydrogens (tertiary/aromatic N) is 2. The molecule has 1 N–H and O–H groups in total. The predicted molar refractivity (Wildman–Crippen MR) is 110 cm³/mol. The maximum Gasteiger partial charge on any atom is 0.0935 e. The van der Waals surface area contributed by atoms with Gasteiger partial charge >= 0.3 is 0 Å². The molecule has 0 aliphatic carbocycles. The van der Waals surface area contributed by atoms with Crippen molar-refractivity contribution >= 4 is 22.5 Å². The number of pyridine rings is 2. The van der Waals surface area contributed by atoms with Gasteiger partial charge in [0, 0.05) is 29.8 Å². The van der Waals surface area contributed by atoms with Crippen LogP contribution in [0, 0.1) is 6.92 Å². The number of rotatable bonds is 4. The quantitative estimate of drug-likeness (QED) is 0.524. The van der Waals surface area contributed by atoms with E-state index in [-0.39, 0.29) is 6.61 Å². The predicted octanol–water partition coefficient (Wildman–Crippen LogP) is 5.34. The highest BCUT2D eigenvalue weighted by molar-refractivity contribution is 6.36. The standard InChI is InChI=1S/C23H19ClN2O/c1-15-17(8-5-9-19(15)16-6-3-2-4-7-16)12-21-23-20(10-11-25-21)22(24)18(14-27)13-26-23/h2-11,13,27H,12,14H2,1H3. The fraction of sp³-hybridized carbons (Fsp3) is 0.130. The SMILES string of the molecule is Cc1c(Cc2nccc3c(Cl)c(CO)cnc23)cccc1-c1ccccc1. The average molecular weight is 375 g/mol. The minimum atomic E-state index is -0.127. The largest absolute Gasteiger partial charge is 0.392 e.